The normalized spacial score (nSPS) is 10.4. The lowest BCUT2D eigenvalue weighted by atomic mass is 10.0. The van der Waals surface area contributed by atoms with Gasteiger partial charge in [-0.3, -0.25) is 4.79 Å². The van der Waals surface area contributed by atoms with E-state index in [1.54, 1.807) is 11.8 Å². The van der Waals surface area contributed by atoms with Crippen molar-refractivity contribution in [2.75, 3.05) is 11.6 Å². The minimum atomic E-state index is -0.0433. The van der Waals surface area contributed by atoms with Crippen LogP contribution in [0.15, 0.2) is 47.4 Å². The zero-order chi connectivity index (χ0) is 15.2. The Bertz CT molecular complexity index is 597. The highest BCUT2D eigenvalue weighted by molar-refractivity contribution is 7.98. The third-order valence-corrected chi connectivity index (χ3v) is 4.33. The number of thioether (sulfide) groups is 1. The van der Waals surface area contributed by atoms with Gasteiger partial charge in [-0.25, -0.2) is 0 Å². The summed E-state index contributed by atoms with van der Waals surface area (Å²) in [6.07, 6.45) is 3.85. The zero-order valence-corrected chi connectivity index (χ0v) is 13.6. The molecule has 0 saturated carbocycles. The molecule has 2 aromatic carbocycles. The Balaban J connectivity index is 2.26. The van der Waals surface area contributed by atoms with Gasteiger partial charge in [0.2, 0.25) is 0 Å². The Kier molecular flexibility index (Phi) is 5.45. The molecule has 0 aliphatic heterocycles. The van der Waals surface area contributed by atoms with Crippen molar-refractivity contribution in [2.24, 2.45) is 0 Å². The fraction of sp³-hybridized carbons (Fsp3) is 0.278. The minimum absolute atomic E-state index is 0.0433. The van der Waals surface area contributed by atoms with Crippen LogP contribution in [-0.4, -0.2) is 12.2 Å². The van der Waals surface area contributed by atoms with Crippen LogP contribution in [0.25, 0.3) is 0 Å². The lowest BCUT2D eigenvalue weighted by molar-refractivity contribution is 0.102. The molecule has 0 aliphatic carbocycles. The predicted octanol–water partition coefficient (Wildman–Crippen LogP) is 4.79. The average Bonchev–Trinajstić information content (AvgIpc) is 2.55. The van der Waals surface area contributed by atoms with Gasteiger partial charge in [-0.05, 0) is 54.5 Å². The molecule has 2 rings (SSSR count). The third kappa shape index (κ3) is 3.67. The topological polar surface area (TPSA) is 29.1 Å². The summed E-state index contributed by atoms with van der Waals surface area (Å²) in [4.78, 5) is 13.6. The highest BCUT2D eigenvalue weighted by Gasteiger charge is 2.11. The molecule has 0 unspecified atom stereocenters. The second-order valence-corrected chi connectivity index (χ2v) is 5.72. The quantitative estimate of drug-likeness (QED) is 0.805. The Labute approximate surface area is 131 Å². The summed E-state index contributed by atoms with van der Waals surface area (Å²) in [6, 6.07) is 13.9. The highest BCUT2D eigenvalue weighted by atomic mass is 32.2. The van der Waals surface area contributed by atoms with Crippen LogP contribution < -0.4 is 5.32 Å². The number of rotatable bonds is 5. The number of aryl methyl sites for hydroxylation is 2. The van der Waals surface area contributed by atoms with Crippen molar-refractivity contribution in [3.8, 4) is 0 Å². The lowest BCUT2D eigenvalue weighted by Crippen LogP contribution is -2.14. The van der Waals surface area contributed by atoms with E-state index in [9.17, 15) is 4.79 Å². The van der Waals surface area contributed by atoms with Crippen molar-refractivity contribution >= 4 is 23.4 Å². The van der Waals surface area contributed by atoms with Gasteiger partial charge in [0.05, 0.1) is 0 Å². The zero-order valence-electron chi connectivity index (χ0n) is 12.8. The second-order valence-electron chi connectivity index (χ2n) is 4.84. The molecule has 2 aromatic rings. The Hall–Kier alpha value is -1.74. The molecule has 110 valence electrons. The van der Waals surface area contributed by atoms with Gasteiger partial charge >= 0.3 is 0 Å². The van der Waals surface area contributed by atoms with Crippen LogP contribution in [0.1, 0.15) is 35.3 Å². The molecule has 1 N–H and O–H groups in total. The first-order valence-corrected chi connectivity index (χ1v) is 8.48. The molecular formula is C18H21NOS. The summed E-state index contributed by atoms with van der Waals surface area (Å²) >= 11 is 1.67. The molecule has 1 amide bonds. The first-order chi connectivity index (χ1) is 10.2. The largest absolute Gasteiger partial charge is 0.321 e. The van der Waals surface area contributed by atoms with E-state index >= 15 is 0 Å². The van der Waals surface area contributed by atoms with Crippen molar-refractivity contribution < 1.29 is 4.79 Å². The van der Waals surface area contributed by atoms with Crippen molar-refractivity contribution in [1.29, 1.82) is 0 Å². The van der Waals surface area contributed by atoms with Crippen LogP contribution in [0, 0.1) is 0 Å². The fourth-order valence-corrected chi connectivity index (χ4v) is 2.74. The van der Waals surface area contributed by atoms with E-state index < -0.39 is 0 Å². The maximum atomic E-state index is 12.4. The molecule has 0 aromatic heterocycles. The Morgan fingerprint density at radius 2 is 1.57 bits per heavy atom. The number of hydrogen-bond donors (Lipinski definition) is 1. The van der Waals surface area contributed by atoms with Crippen molar-refractivity contribution in [2.45, 2.75) is 31.6 Å². The molecule has 0 spiro atoms. The standard InChI is InChI=1S/C18H21NOS/c1-4-13-7-6-8-14(5-2)17(13)19-18(20)15-9-11-16(21-3)12-10-15/h6-12H,4-5H2,1-3H3,(H,19,20). The lowest BCUT2D eigenvalue weighted by Gasteiger charge is -2.14. The van der Waals surface area contributed by atoms with Gasteiger partial charge < -0.3 is 5.32 Å². The second kappa shape index (κ2) is 7.32. The smallest absolute Gasteiger partial charge is 0.255 e. The van der Waals surface area contributed by atoms with Crippen molar-refractivity contribution in [3.05, 3.63) is 59.2 Å². The first kappa shape index (κ1) is 15.6. The fourth-order valence-electron chi connectivity index (χ4n) is 2.33. The van der Waals surface area contributed by atoms with Gasteiger partial charge in [-0.15, -0.1) is 11.8 Å². The summed E-state index contributed by atoms with van der Waals surface area (Å²) in [5.41, 5.74) is 4.04. The van der Waals surface area contributed by atoms with Gasteiger partial charge in [0.25, 0.3) is 5.91 Å². The molecular weight excluding hydrogens is 278 g/mol. The molecule has 0 atom stereocenters. The maximum Gasteiger partial charge on any atom is 0.255 e. The number of anilines is 1. The molecule has 3 heteroatoms. The summed E-state index contributed by atoms with van der Waals surface area (Å²) in [5.74, 6) is -0.0433. The van der Waals surface area contributed by atoms with E-state index in [0.29, 0.717) is 5.56 Å². The van der Waals surface area contributed by atoms with Gasteiger partial charge in [-0.2, -0.15) is 0 Å². The SMILES string of the molecule is CCc1cccc(CC)c1NC(=O)c1ccc(SC)cc1. The predicted molar refractivity (Wildman–Crippen MR) is 91.4 cm³/mol. The number of para-hydroxylation sites is 1. The molecule has 0 fully saturated rings. The van der Waals surface area contributed by atoms with E-state index in [0.717, 1.165) is 23.4 Å². The third-order valence-electron chi connectivity index (χ3n) is 3.59. The molecule has 0 saturated heterocycles. The molecule has 21 heavy (non-hydrogen) atoms. The monoisotopic (exact) mass is 299 g/mol. The minimum Gasteiger partial charge on any atom is -0.321 e. The van der Waals surface area contributed by atoms with Crippen LogP contribution in [0.2, 0.25) is 0 Å². The van der Waals surface area contributed by atoms with E-state index in [1.807, 2.05) is 30.5 Å². The number of nitrogens with one attached hydrogen (secondary N) is 1. The van der Waals surface area contributed by atoms with Crippen molar-refractivity contribution in [1.82, 2.24) is 0 Å². The highest BCUT2D eigenvalue weighted by Crippen LogP contribution is 2.23. The first-order valence-electron chi connectivity index (χ1n) is 7.25. The summed E-state index contributed by atoms with van der Waals surface area (Å²) in [5, 5.41) is 3.09. The van der Waals surface area contributed by atoms with E-state index in [4.69, 9.17) is 0 Å². The number of hydrogen-bond acceptors (Lipinski definition) is 2. The van der Waals surface area contributed by atoms with Crippen LogP contribution in [0.3, 0.4) is 0 Å². The number of benzene rings is 2. The van der Waals surface area contributed by atoms with E-state index in [2.05, 4.69) is 37.4 Å². The van der Waals surface area contributed by atoms with Gasteiger partial charge in [-0.1, -0.05) is 32.0 Å². The molecule has 0 heterocycles. The van der Waals surface area contributed by atoms with Gasteiger partial charge in [0.15, 0.2) is 0 Å². The van der Waals surface area contributed by atoms with Crippen LogP contribution >= 0.6 is 11.8 Å². The number of carbonyl (C=O) groups is 1. The molecule has 0 radical (unpaired) electrons. The van der Waals surface area contributed by atoms with Crippen molar-refractivity contribution in [3.63, 3.8) is 0 Å². The average molecular weight is 299 g/mol. The van der Waals surface area contributed by atoms with Crippen LogP contribution in [-0.2, 0) is 12.8 Å². The molecule has 2 nitrogen and oxygen atoms in total. The molecule has 0 aliphatic rings. The van der Waals surface area contributed by atoms with Gasteiger partial charge in [0.1, 0.15) is 0 Å². The van der Waals surface area contributed by atoms with Gasteiger partial charge in [0, 0.05) is 16.1 Å². The number of carbonyl (C=O) groups excluding carboxylic acids is 1. The Morgan fingerprint density at radius 1 is 1.00 bits per heavy atom. The van der Waals surface area contributed by atoms with E-state index in [-0.39, 0.29) is 5.91 Å². The van der Waals surface area contributed by atoms with Crippen LogP contribution in [0.5, 0.6) is 0 Å². The van der Waals surface area contributed by atoms with E-state index in [1.165, 1.54) is 11.1 Å². The Morgan fingerprint density at radius 3 is 2.05 bits per heavy atom. The summed E-state index contributed by atoms with van der Waals surface area (Å²) in [7, 11) is 0. The van der Waals surface area contributed by atoms with Crippen LogP contribution in [0.4, 0.5) is 5.69 Å². The maximum absolute atomic E-state index is 12.4. The summed E-state index contributed by atoms with van der Waals surface area (Å²) < 4.78 is 0. The molecule has 0 bridgehead atoms. The summed E-state index contributed by atoms with van der Waals surface area (Å²) in [6.45, 7) is 4.22. The number of amides is 1.